The summed E-state index contributed by atoms with van der Waals surface area (Å²) in [6.45, 7) is 4.90. The maximum atomic E-state index is 12.6. The lowest BCUT2D eigenvalue weighted by Gasteiger charge is -2.49. The molecule has 0 unspecified atom stereocenters. The van der Waals surface area contributed by atoms with Crippen LogP contribution in [0.15, 0.2) is 36.8 Å². The fourth-order valence-corrected chi connectivity index (χ4v) is 3.34. The van der Waals surface area contributed by atoms with Crippen LogP contribution in [0.3, 0.4) is 0 Å². The van der Waals surface area contributed by atoms with Crippen LogP contribution in [-0.2, 0) is 17.8 Å². The molecule has 1 aliphatic rings. The van der Waals surface area contributed by atoms with Crippen LogP contribution in [0.5, 0.6) is 0 Å². The fraction of sp³-hybridized carbons (Fsp3) is 0.412. The van der Waals surface area contributed by atoms with Gasteiger partial charge in [-0.05, 0) is 31.0 Å². The van der Waals surface area contributed by atoms with E-state index in [-0.39, 0.29) is 11.3 Å². The van der Waals surface area contributed by atoms with Gasteiger partial charge in [0, 0.05) is 43.1 Å². The molecule has 2 N–H and O–H groups in total. The first-order chi connectivity index (χ1) is 11.1. The van der Waals surface area contributed by atoms with Gasteiger partial charge < -0.3 is 10.3 Å². The molecule has 1 aliphatic heterocycles. The van der Waals surface area contributed by atoms with Crippen molar-refractivity contribution in [3.63, 3.8) is 0 Å². The zero-order valence-corrected chi connectivity index (χ0v) is 13.9. The summed E-state index contributed by atoms with van der Waals surface area (Å²) < 4.78 is 0. The summed E-state index contributed by atoms with van der Waals surface area (Å²) >= 11 is 5.95. The number of hydrogen-bond donors (Lipinski definition) is 2. The molecule has 1 aromatic heterocycles. The lowest BCUT2D eigenvalue weighted by atomic mass is 9.73. The molecule has 0 spiro atoms. The van der Waals surface area contributed by atoms with E-state index in [0.717, 1.165) is 42.3 Å². The SMILES string of the molecule is CCNC(=O)C1(Cc2ccc(Cl)cc2)CN(Cc2cnc[nH]2)C1. The number of nitrogens with zero attached hydrogens (tertiary/aromatic N) is 2. The van der Waals surface area contributed by atoms with E-state index < -0.39 is 0 Å². The van der Waals surface area contributed by atoms with Crippen molar-refractivity contribution in [1.29, 1.82) is 0 Å². The van der Waals surface area contributed by atoms with Gasteiger partial charge in [-0.2, -0.15) is 0 Å². The lowest BCUT2D eigenvalue weighted by molar-refractivity contribution is -0.142. The summed E-state index contributed by atoms with van der Waals surface area (Å²) in [5, 5.41) is 3.71. The Labute approximate surface area is 141 Å². The smallest absolute Gasteiger partial charge is 0.229 e. The molecule has 1 fully saturated rings. The van der Waals surface area contributed by atoms with Crippen LogP contribution in [0.2, 0.25) is 5.02 Å². The molecular formula is C17H21ClN4O. The molecule has 0 atom stereocenters. The summed E-state index contributed by atoms with van der Waals surface area (Å²) in [4.78, 5) is 22.0. The van der Waals surface area contributed by atoms with Gasteiger partial charge in [-0.3, -0.25) is 9.69 Å². The summed E-state index contributed by atoms with van der Waals surface area (Å²) in [5.41, 5.74) is 1.85. The van der Waals surface area contributed by atoms with Gasteiger partial charge >= 0.3 is 0 Å². The molecule has 1 saturated heterocycles. The van der Waals surface area contributed by atoms with E-state index in [1.807, 2.05) is 37.4 Å². The number of H-pyrrole nitrogens is 1. The van der Waals surface area contributed by atoms with Crippen molar-refractivity contribution < 1.29 is 4.79 Å². The Morgan fingerprint density at radius 2 is 2.13 bits per heavy atom. The number of carbonyl (C=O) groups excluding carboxylic acids is 1. The first-order valence-electron chi connectivity index (χ1n) is 7.84. The van der Waals surface area contributed by atoms with E-state index in [1.54, 1.807) is 6.33 Å². The zero-order chi connectivity index (χ0) is 16.3. The van der Waals surface area contributed by atoms with E-state index >= 15 is 0 Å². The fourth-order valence-electron chi connectivity index (χ4n) is 3.21. The maximum absolute atomic E-state index is 12.6. The van der Waals surface area contributed by atoms with Gasteiger partial charge in [0.05, 0.1) is 11.7 Å². The maximum Gasteiger partial charge on any atom is 0.229 e. The lowest BCUT2D eigenvalue weighted by Crippen LogP contribution is -2.63. The molecule has 5 nitrogen and oxygen atoms in total. The van der Waals surface area contributed by atoms with Gasteiger partial charge in [0.25, 0.3) is 0 Å². The van der Waals surface area contributed by atoms with E-state index in [9.17, 15) is 4.79 Å². The minimum Gasteiger partial charge on any atom is -0.356 e. The summed E-state index contributed by atoms with van der Waals surface area (Å²) in [6.07, 6.45) is 4.24. The number of likely N-dealkylation sites (tertiary alicyclic amines) is 1. The van der Waals surface area contributed by atoms with Gasteiger partial charge in [-0.1, -0.05) is 23.7 Å². The molecule has 0 saturated carbocycles. The van der Waals surface area contributed by atoms with Crippen molar-refractivity contribution >= 4 is 17.5 Å². The van der Waals surface area contributed by atoms with Crippen molar-refractivity contribution in [2.75, 3.05) is 19.6 Å². The third-order valence-electron chi connectivity index (χ3n) is 4.28. The van der Waals surface area contributed by atoms with E-state index in [1.165, 1.54) is 0 Å². The van der Waals surface area contributed by atoms with Gasteiger partial charge in [0.2, 0.25) is 5.91 Å². The second-order valence-electron chi connectivity index (χ2n) is 6.17. The van der Waals surface area contributed by atoms with Crippen molar-refractivity contribution in [1.82, 2.24) is 20.2 Å². The number of aromatic nitrogens is 2. The predicted octanol–water partition coefficient (Wildman–Crippen LogP) is 2.24. The number of carbonyl (C=O) groups is 1. The van der Waals surface area contributed by atoms with E-state index in [2.05, 4.69) is 20.2 Å². The molecule has 0 radical (unpaired) electrons. The number of halogens is 1. The Morgan fingerprint density at radius 1 is 1.39 bits per heavy atom. The average molecular weight is 333 g/mol. The first kappa shape index (κ1) is 16.0. The van der Waals surface area contributed by atoms with E-state index in [4.69, 9.17) is 11.6 Å². The molecular weight excluding hydrogens is 312 g/mol. The van der Waals surface area contributed by atoms with Crippen LogP contribution in [0.25, 0.3) is 0 Å². The van der Waals surface area contributed by atoms with Crippen molar-refractivity contribution in [2.24, 2.45) is 5.41 Å². The Hall–Kier alpha value is -1.85. The Bertz CT molecular complexity index is 648. The third-order valence-corrected chi connectivity index (χ3v) is 4.53. The summed E-state index contributed by atoms with van der Waals surface area (Å²) in [7, 11) is 0. The minimum absolute atomic E-state index is 0.135. The number of imidazole rings is 1. The molecule has 0 aliphatic carbocycles. The highest BCUT2D eigenvalue weighted by molar-refractivity contribution is 6.30. The number of hydrogen-bond acceptors (Lipinski definition) is 3. The molecule has 1 aromatic carbocycles. The summed E-state index contributed by atoms with van der Waals surface area (Å²) in [6, 6.07) is 7.76. The molecule has 0 bridgehead atoms. The minimum atomic E-state index is -0.357. The van der Waals surface area contributed by atoms with Gasteiger partial charge in [0.15, 0.2) is 0 Å². The molecule has 122 valence electrons. The number of nitrogens with one attached hydrogen (secondary N) is 2. The predicted molar refractivity (Wildman–Crippen MR) is 90.1 cm³/mol. The molecule has 23 heavy (non-hydrogen) atoms. The summed E-state index contributed by atoms with van der Waals surface area (Å²) in [5.74, 6) is 0.135. The number of aromatic amines is 1. The highest BCUT2D eigenvalue weighted by Gasteiger charge is 2.48. The molecule has 2 heterocycles. The van der Waals surface area contributed by atoms with Crippen molar-refractivity contribution in [3.8, 4) is 0 Å². The second-order valence-corrected chi connectivity index (χ2v) is 6.60. The highest BCUT2D eigenvalue weighted by Crippen LogP contribution is 2.35. The largest absolute Gasteiger partial charge is 0.356 e. The standard InChI is InChI=1S/C17H21ClN4O/c1-2-20-16(23)17(7-13-3-5-14(18)6-4-13)10-22(11-17)9-15-8-19-12-21-15/h3-6,8,12H,2,7,9-11H2,1H3,(H,19,21)(H,20,23). The van der Waals surface area contributed by atoms with Crippen LogP contribution >= 0.6 is 11.6 Å². The molecule has 2 aromatic rings. The number of rotatable bonds is 6. The highest BCUT2D eigenvalue weighted by atomic mass is 35.5. The van der Waals surface area contributed by atoms with Crippen LogP contribution in [0.4, 0.5) is 0 Å². The average Bonchev–Trinajstić information content (AvgIpc) is 3.00. The number of benzene rings is 1. The molecule has 6 heteroatoms. The topological polar surface area (TPSA) is 61.0 Å². The van der Waals surface area contributed by atoms with E-state index in [0.29, 0.717) is 6.54 Å². The Kier molecular flexibility index (Phi) is 4.68. The van der Waals surface area contributed by atoms with Crippen molar-refractivity contribution in [3.05, 3.63) is 53.1 Å². The van der Waals surface area contributed by atoms with Gasteiger partial charge in [-0.15, -0.1) is 0 Å². The number of amides is 1. The van der Waals surface area contributed by atoms with Crippen molar-refractivity contribution in [2.45, 2.75) is 19.9 Å². The van der Waals surface area contributed by atoms with Gasteiger partial charge in [-0.25, -0.2) is 4.98 Å². The van der Waals surface area contributed by atoms with Crippen LogP contribution in [-0.4, -0.2) is 40.4 Å². The monoisotopic (exact) mass is 332 g/mol. The quantitative estimate of drug-likeness (QED) is 0.853. The Morgan fingerprint density at radius 3 is 2.74 bits per heavy atom. The second kappa shape index (κ2) is 6.72. The van der Waals surface area contributed by atoms with Gasteiger partial charge in [0.1, 0.15) is 0 Å². The first-order valence-corrected chi connectivity index (χ1v) is 8.21. The molecule has 1 amide bonds. The van der Waals surface area contributed by atoms with Crippen LogP contribution < -0.4 is 5.32 Å². The third kappa shape index (κ3) is 3.57. The zero-order valence-electron chi connectivity index (χ0n) is 13.2. The Balaban J connectivity index is 1.69. The molecule has 3 rings (SSSR count). The van der Waals surface area contributed by atoms with Crippen LogP contribution in [0.1, 0.15) is 18.2 Å². The van der Waals surface area contributed by atoms with Crippen LogP contribution in [0, 0.1) is 5.41 Å². The normalized spacial score (nSPS) is 16.8.